The molecule has 256 valence electrons. The number of nitrogens with one attached hydrogen (secondary N) is 5. The van der Waals surface area contributed by atoms with Gasteiger partial charge in [0, 0.05) is 25.1 Å². The van der Waals surface area contributed by atoms with Gasteiger partial charge in [-0.15, -0.1) is 0 Å². The van der Waals surface area contributed by atoms with Gasteiger partial charge in [0.05, 0.1) is 24.6 Å². The third kappa shape index (κ3) is 15.1. The summed E-state index contributed by atoms with van der Waals surface area (Å²) in [5.74, 6) is -1.48. The first-order valence-corrected chi connectivity index (χ1v) is 16.7. The minimum absolute atomic E-state index is 0.0318. The highest BCUT2D eigenvalue weighted by Crippen LogP contribution is 2.35. The van der Waals surface area contributed by atoms with E-state index in [9.17, 15) is 29.1 Å². The van der Waals surface area contributed by atoms with Gasteiger partial charge in [-0.2, -0.15) is 0 Å². The largest absolute Gasteiger partial charge is 0.481 e. The van der Waals surface area contributed by atoms with Crippen LogP contribution in [-0.2, 0) is 24.0 Å². The Morgan fingerprint density at radius 2 is 1.40 bits per heavy atom. The number of aliphatic hydroxyl groups excluding tert-OH is 1. The number of hydrogen-bond donors (Lipinski definition) is 7. The summed E-state index contributed by atoms with van der Waals surface area (Å²) in [6.45, 7) is 14.2. The molecule has 0 bridgehead atoms. The van der Waals surface area contributed by atoms with E-state index in [1.54, 1.807) is 0 Å². The number of amides is 4. The van der Waals surface area contributed by atoms with Crippen molar-refractivity contribution in [1.29, 1.82) is 0 Å². The summed E-state index contributed by atoms with van der Waals surface area (Å²) in [5, 5.41) is 34.8. The van der Waals surface area contributed by atoms with Crippen LogP contribution in [0.25, 0.3) is 0 Å². The third-order valence-electron chi connectivity index (χ3n) is 8.29. The molecular formula is C33H57N5O7. The number of carboxylic acid groups (broad SMARTS) is 1. The molecular weight excluding hydrogens is 578 g/mol. The molecule has 0 aliphatic heterocycles. The van der Waals surface area contributed by atoms with Crippen molar-refractivity contribution in [2.75, 3.05) is 6.54 Å². The number of carboxylic acids is 1. The van der Waals surface area contributed by atoms with E-state index in [1.165, 1.54) is 0 Å². The predicted molar refractivity (Wildman–Crippen MR) is 172 cm³/mol. The SMILES string of the molecule is C=C(NC(CC(C)C)[C@@H](O)CC(=O)N[C@H](C(=O)NCC)C(C)C)[C@H](CC1CC1)NC(=O)[C@H](CC1CC1)NC(=O)CCCC(=O)O. The number of carbonyl (C=O) groups excluding carboxylic acids is 4. The minimum atomic E-state index is -1.07. The van der Waals surface area contributed by atoms with E-state index in [0.29, 0.717) is 43.3 Å². The van der Waals surface area contributed by atoms with Crippen LogP contribution < -0.4 is 26.6 Å². The van der Waals surface area contributed by atoms with Crippen LogP contribution in [0.3, 0.4) is 0 Å². The molecule has 45 heavy (non-hydrogen) atoms. The third-order valence-corrected chi connectivity index (χ3v) is 8.29. The Balaban J connectivity index is 2.08. The standard InChI is InChI=1S/C33H57N5O7/c1-7-34-33(45)31(20(4)5)38-29(41)18-27(39)25(15-19(2)3)35-21(6)24(16-22-11-12-22)37-32(44)26(17-23-13-14-23)36-28(40)9-8-10-30(42)43/h19-20,22-27,31,35,39H,6-18H2,1-5H3,(H,34,45)(H,36,40)(H,37,44)(H,38,41)(H,42,43)/t24-,25?,26-,27-,31-/m0/s1. The average molecular weight is 636 g/mol. The lowest BCUT2D eigenvalue weighted by Gasteiger charge is -2.32. The molecule has 0 aromatic carbocycles. The van der Waals surface area contributed by atoms with Gasteiger partial charge in [-0.05, 0) is 56.3 Å². The molecule has 0 saturated heterocycles. The molecule has 2 rings (SSSR count). The molecule has 0 heterocycles. The van der Waals surface area contributed by atoms with E-state index in [0.717, 1.165) is 25.7 Å². The second-order valence-corrected chi connectivity index (χ2v) is 13.6. The summed E-state index contributed by atoms with van der Waals surface area (Å²) >= 11 is 0. The Bertz CT molecular complexity index is 1020. The molecule has 2 fully saturated rings. The van der Waals surface area contributed by atoms with Crippen LogP contribution >= 0.6 is 0 Å². The maximum atomic E-state index is 13.5. The maximum absolute atomic E-state index is 13.5. The van der Waals surface area contributed by atoms with E-state index < -0.39 is 42.1 Å². The number of aliphatic hydroxyl groups is 1. The Kier molecular flexibility index (Phi) is 15.8. The molecule has 5 atom stereocenters. The van der Waals surface area contributed by atoms with Crippen LogP contribution in [0, 0.1) is 23.7 Å². The summed E-state index contributed by atoms with van der Waals surface area (Å²) in [6, 6.07) is -2.42. The van der Waals surface area contributed by atoms with Gasteiger partial charge in [0.2, 0.25) is 23.6 Å². The van der Waals surface area contributed by atoms with Crippen molar-refractivity contribution in [1.82, 2.24) is 26.6 Å². The van der Waals surface area contributed by atoms with Crippen molar-refractivity contribution in [3.63, 3.8) is 0 Å². The van der Waals surface area contributed by atoms with E-state index in [2.05, 4.69) is 33.2 Å². The Morgan fingerprint density at radius 3 is 1.91 bits per heavy atom. The second-order valence-electron chi connectivity index (χ2n) is 13.6. The van der Waals surface area contributed by atoms with Crippen molar-refractivity contribution >= 4 is 29.6 Å². The quantitative estimate of drug-likeness (QED) is 0.0892. The molecule has 2 saturated carbocycles. The fourth-order valence-electron chi connectivity index (χ4n) is 5.38. The van der Waals surface area contributed by atoms with Crippen LogP contribution in [0.2, 0.25) is 0 Å². The Labute approximate surface area is 268 Å². The Morgan fingerprint density at radius 1 is 0.800 bits per heavy atom. The molecule has 4 amide bonds. The van der Waals surface area contributed by atoms with Crippen LogP contribution in [0.4, 0.5) is 0 Å². The molecule has 12 heteroatoms. The van der Waals surface area contributed by atoms with E-state index in [1.807, 2.05) is 34.6 Å². The number of aliphatic carboxylic acids is 1. The van der Waals surface area contributed by atoms with Crippen molar-refractivity contribution in [2.45, 2.75) is 136 Å². The fourth-order valence-corrected chi connectivity index (χ4v) is 5.38. The normalized spacial score (nSPS) is 17.9. The zero-order chi connectivity index (χ0) is 33.7. The highest BCUT2D eigenvalue weighted by Gasteiger charge is 2.35. The molecule has 0 aromatic heterocycles. The first kappa shape index (κ1) is 38.0. The molecule has 2 aliphatic rings. The summed E-state index contributed by atoms with van der Waals surface area (Å²) in [7, 11) is 0. The van der Waals surface area contributed by atoms with Crippen molar-refractivity contribution < 1.29 is 34.2 Å². The highest BCUT2D eigenvalue weighted by atomic mass is 16.4. The maximum Gasteiger partial charge on any atom is 0.303 e. The zero-order valence-corrected chi connectivity index (χ0v) is 27.8. The summed E-state index contributed by atoms with van der Waals surface area (Å²) in [6.07, 6.45) is 4.65. The number of rotatable bonds is 23. The monoisotopic (exact) mass is 635 g/mol. The smallest absolute Gasteiger partial charge is 0.303 e. The average Bonchev–Trinajstić information content (AvgIpc) is 3.87. The summed E-state index contributed by atoms with van der Waals surface area (Å²) in [4.78, 5) is 62.2. The second kappa shape index (κ2) is 18.7. The number of carbonyl (C=O) groups is 5. The molecule has 0 radical (unpaired) electrons. The van der Waals surface area contributed by atoms with E-state index in [-0.39, 0.29) is 55.2 Å². The van der Waals surface area contributed by atoms with E-state index in [4.69, 9.17) is 5.11 Å². The number of likely N-dealkylation sites (N-methyl/N-ethyl adjacent to an activating group) is 1. The lowest BCUT2D eigenvalue weighted by molar-refractivity contribution is -0.137. The lowest BCUT2D eigenvalue weighted by atomic mass is 9.95. The van der Waals surface area contributed by atoms with Gasteiger partial charge in [-0.25, -0.2) is 0 Å². The lowest BCUT2D eigenvalue weighted by Crippen LogP contribution is -2.53. The molecule has 12 nitrogen and oxygen atoms in total. The molecule has 0 aromatic rings. The van der Waals surface area contributed by atoms with Crippen molar-refractivity contribution in [2.24, 2.45) is 23.7 Å². The zero-order valence-electron chi connectivity index (χ0n) is 27.8. The van der Waals surface area contributed by atoms with Gasteiger partial charge < -0.3 is 36.8 Å². The van der Waals surface area contributed by atoms with Crippen LogP contribution in [0.1, 0.15) is 105 Å². The Hall–Kier alpha value is -3.15. The van der Waals surface area contributed by atoms with Gasteiger partial charge in [0.15, 0.2) is 0 Å². The highest BCUT2D eigenvalue weighted by molar-refractivity contribution is 5.88. The summed E-state index contributed by atoms with van der Waals surface area (Å²) < 4.78 is 0. The molecule has 0 spiro atoms. The minimum Gasteiger partial charge on any atom is -0.481 e. The summed E-state index contributed by atoms with van der Waals surface area (Å²) in [5.41, 5.74) is 0.528. The first-order valence-electron chi connectivity index (χ1n) is 16.7. The van der Waals surface area contributed by atoms with Gasteiger partial charge in [-0.3, -0.25) is 24.0 Å². The van der Waals surface area contributed by atoms with Gasteiger partial charge >= 0.3 is 5.97 Å². The van der Waals surface area contributed by atoms with Gasteiger partial charge in [-0.1, -0.05) is 60.0 Å². The fraction of sp³-hybridized carbons (Fsp3) is 0.788. The topological polar surface area (TPSA) is 186 Å². The van der Waals surface area contributed by atoms with Crippen LogP contribution in [-0.4, -0.2) is 76.6 Å². The van der Waals surface area contributed by atoms with Crippen molar-refractivity contribution in [3.05, 3.63) is 12.3 Å². The van der Waals surface area contributed by atoms with E-state index >= 15 is 0 Å². The molecule has 1 unspecified atom stereocenters. The van der Waals surface area contributed by atoms with Gasteiger partial charge in [0.1, 0.15) is 12.1 Å². The van der Waals surface area contributed by atoms with Crippen molar-refractivity contribution in [3.8, 4) is 0 Å². The van der Waals surface area contributed by atoms with Crippen LogP contribution in [0.15, 0.2) is 12.3 Å². The van der Waals surface area contributed by atoms with Gasteiger partial charge in [0.25, 0.3) is 0 Å². The van der Waals surface area contributed by atoms with Crippen LogP contribution in [0.5, 0.6) is 0 Å². The molecule has 2 aliphatic carbocycles. The number of hydrogen-bond acceptors (Lipinski definition) is 7. The first-order chi connectivity index (χ1) is 21.2. The predicted octanol–water partition coefficient (Wildman–Crippen LogP) is 2.36. The molecule has 7 N–H and O–H groups in total.